The lowest BCUT2D eigenvalue weighted by Gasteiger charge is -2.15. The molecule has 7 nitrogen and oxygen atoms in total. The summed E-state index contributed by atoms with van der Waals surface area (Å²) in [5.74, 6) is 0. The molecule has 0 radical (unpaired) electrons. The number of benzene rings is 1. The molecule has 1 aliphatic rings. The Morgan fingerprint density at radius 1 is 1.08 bits per heavy atom. The van der Waals surface area contributed by atoms with Crippen molar-refractivity contribution in [2.45, 2.75) is 24.3 Å². The highest BCUT2D eigenvalue weighted by Gasteiger charge is 2.27. The molecular weight excluding hydrogens is 376 g/mol. The minimum Gasteiger partial charge on any atom is -0.249 e. The van der Waals surface area contributed by atoms with Gasteiger partial charge in [0.25, 0.3) is 0 Å². The molecule has 1 fully saturated rings. The molecule has 0 bridgehead atoms. The summed E-state index contributed by atoms with van der Waals surface area (Å²) >= 11 is 6.15. The predicted molar refractivity (Wildman–Crippen MR) is 98.0 cm³/mol. The molecule has 1 aliphatic heterocycles. The molecule has 0 spiro atoms. The van der Waals surface area contributed by atoms with Gasteiger partial charge in [0.15, 0.2) is 5.65 Å². The van der Waals surface area contributed by atoms with Crippen molar-refractivity contribution in [2.75, 3.05) is 13.1 Å². The standard InChI is InChI=1S/C17H17ClN4O3S/c18-15-6-2-1-5-13(15)11-22-17(23)21-12-14(7-8-16(21)19-22)26(24,25)20-9-3-4-10-20/h1-2,5-8,12H,3-4,9-11H2. The first-order valence-electron chi connectivity index (χ1n) is 8.29. The second-order valence-corrected chi connectivity index (χ2v) is 8.58. The van der Waals surface area contributed by atoms with E-state index in [-0.39, 0.29) is 11.4 Å². The molecule has 2 aromatic heterocycles. The van der Waals surface area contributed by atoms with E-state index in [9.17, 15) is 13.2 Å². The van der Waals surface area contributed by atoms with Gasteiger partial charge in [-0.05, 0) is 36.6 Å². The topological polar surface area (TPSA) is 76.7 Å². The molecule has 136 valence electrons. The van der Waals surface area contributed by atoms with Crippen molar-refractivity contribution in [3.63, 3.8) is 0 Å². The maximum absolute atomic E-state index is 12.7. The van der Waals surface area contributed by atoms with Crippen LogP contribution in [0.25, 0.3) is 5.65 Å². The van der Waals surface area contributed by atoms with Crippen LogP contribution in [0.15, 0.2) is 52.3 Å². The van der Waals surface area contributed by atoms with E-state index >= 15 is 0 Å². The summed E-state index contributed by atoms with van der Waals surface area (Å²) in [6, 6.07) is 10.3. The number of hydrogen-bond acceptors (Lipinski definition) is 4. The van der Waals surface area contributed by atoms with Gasteiger partial charge in [-0.2, -0.15) is 4.31 Å². The first-order valence-corrected chi connectivity index (χ1v) is 10.1. The Labute approximate surface area is 155 Å². The van der Waals surface area contributed by atoms with Gasteiger partial charge >= 0.3 is 5.69 Å². The van der Waals surface area contributed by atoms with Gasteiger partial charge in [-0.25, -0.2) is 22.3 Å². The maximum atomic E-state index is 12.7. The van der Waals surface area contributed by atoms with Crippen molar-refractivity contribution in [3.8, 4) is 0 Å². The van der Waals surface area contributed by atoms with Gasteiger partial charge < -0.3 is 0 Å². The average Bonchev–Trinajstić information content (AvgIpc) is 3.27. The number of pyridine rings is 1. The van der Waals surface area contributed by atoms with Gasteiger partial charge in [-0.15, -0.1) is 5.10 Å². The van der Waals surface area contributed by atoms with E-state index in [2.05, 4.69) is 5.10 Å². The van der Waals surface area contributed by atoms with Crippen molar-refractivity contribution < 1.29 is 8.42 Å². The highest BCUT2D eigenvalue weighted by Crippen LogP contribution is 2.21. The molecule has 1 aromatic carbocycles. The van der Waals surface area contributed by atoms with Crippen LogP contribution < -0.4 is 5.69 Å². The Hall–Kier alpha value is -2.16. The van der Waals surface area contributed by atoms with Crippen LogP contribution in [-0.4, -0.2) is 40.0 Å². The van der Waals surface area contributed by atoms with Crippen LogP contribution in [0.1, 0.15) is 18.4 Å². The summed E-state index contributed by atoms with van der Waals surface area (Å²) < 4.78 is 29.4. The molecule has 3 heterocycles. The Morgan fingerprint density at radius 3 is 2.54 bits per heavy atom. The van der Waals surface area contributed by atoms with E-state index < -0.39 is 15.7 Å². The Morgan fingerprint density at radius 2 is 1.81 bits per heavy atom. The van der Waals surface area contributed by atoms with Gasteiger partial charge in [-0.3, -0.25) is 0 Å². The third kappa shape index (κ3) is 2.94. The van der Waals surface area contributed by atoms with Crippen LogP contribution >= 0.6 is 11.6 Å². The molecule has 0 unspecified atom stereocenters. The van der Waals surface area contributed by atoms with Crippen LogP contribution in [0.3, 0.4) is 0 Å². The molecule has 26 heavy (non-hydrogen) atoms. The minimum absolute atomic E-state index is 0.103. The van der Waals surface area contributed by atoms with E-state index in [0.717, 1.165) is 18.4 Å². The SMILES string of the molecule is O=c1n(Cc2ccccc2Cl)nc2ccc(S(=O)(=O)N3CCCC3)cn12. The van der Waals surface area contributed by atoms with Crippen LogP contribution in [0.4, 0.5) is 0 Å². The molecule has 4 rings (SSSR count). The van der Waals surface area contributed by atoms with E-state index in [1.807, 2.05) is 18.2 Å². The lowest BCUT2D eigenvalue weighted by molar-refractivity contribution is 0.477. The van der Waals surface area contributed by atoms with Crippen molar-refractivity contribution in [1.82, 2.24) is 18.5 Å². The zero-order chi connectivity index (χ0) is 18.3. The van der Waals surface area contributed by atoms with Gasteiger partial charge in [-0.1, -0.05) is 29.8 Å². The van der Waals surface area contributed by atoms with E-state index in [4.69, 9.17) is 11.6 Å². The number of nitrogens with zero attached hydrogens (tertiary/aromatic N) is 4. The number of halogens is 1. The summed E-state index contributed by atoms with van der Waals surface area (Å²) in [7, 11) is -3.59. The van der Waals surface area contributed by atoms with Crippen LogP contribution in [0.5, 0.6) is 0 Å². The summed E-state index contributed by atoms with van der Waals surface area (Å²) in [5.41, 5.74) is 0.755. The van der Waals surface area contributed by atoms with Crippen molar-refractivity contribution in [1.29, 1.82) is 0 Å². The lowest BCUT2D eigenvalue weighted by Crippen LogP contribution is -2.28. The number of aromatic nitrogens is 3. The van der Waals surface area contributed by atoms with Crippen LogP contribution in [0, 0.1) is 0 Å². The fourth-order valence-electron chi connectivity index (χ4n) is 3.12. The molecule has 0 saturated carbocycles. The summed E-state index contributed by atoms with van der Waals surface area (Å²) in [6.07, 6.45) is 3.07. The fourth-order valence-corrected chi connectivity index (χ4v) is 4.83. The first-order chi connectivity index (χ1) is 12.5. The van der Waals surface area contributed by atoms with Gasteiger partial charge in [0.2, 0.25) is 10.0 Å². The molecule has 1 saturated heterocycles. The number of rotatable bonds is 4. The fraction of sp³-hybridized carbons (Fsp3) is 0.294. The molecule has 9 heteroatoms. The molecule has 0 atom stereocenters. The van der Waals surface area contributed by atoms with Crippen LogP contribution in [-0.2, 0) is 16.6 Å². The Balaban J connectivity index is 1.74. The predicted octanol–water partition coefficient (Wildman–Crippen LogP) is 1.98. The molecule has 0 amide bonds. The minimum atomic E-state index is -3.59. The Kier molecular flexibility index (Phi) is 4.34. The highest BCUT2D eigenvalue weighted by molar-refractivity contribution is 7.89. The quantitative estimate of drug-likeness (QED) is 0.680. The maximum Gasteiger partial charge on any atom is 0.350 e. The number of fused-ring (bicyclic) bond motifs is 1. The lowest BCUT2D eigenvalue weighted by atomic mass is 10.2. The average molecular weight is 393 g/mol. The monoisotopic (exact) mass is 392 g/mol. The van der Waals surface area contributed by atoms with Crippen molar-refractivity contribution in [2.24, 2.45) is 0 Å². The Bertz CT molecular complexity index is 1130. The zero-order valence-corrected chi connectivity index (χ0v) is 15.4. The summed E-state index contributed by atoms with van der Waals surface area (Å²) in [6.45, 7) is 1.25. The van der Waals surface area contributed by atoms with Crippen LogP contribution in [0.2, 0.25) is 5.02 Å². The van der Waals surface area contributed by atoms with E-state index in [1.54, 1.807) is 12.1 Å². The van der Waals surface area contributed by atoms with Crippen molar-refractivity contribution >= 4 is 27.3 Å². The normalized spacial score (nSPS) is 15.7. The molecular formula is C17H17ClN4O3S. The molecule has 3 aromatic rings. The second-order valence-electron chi connectivity index (χ2n) is 6.24. The second kappa shape index (κ2) is 6.53. The van der Waals surface area contributed by atoms with Gasteiger partial charge in [0.05, 0.1) is 11.4 Å². The molecule has 0 aliphatic carbocycles. The third-order valence-electron chi connectivity index (χ3n) is 4.53. The number of sulfonamides is 1. The van der Waals surface area contributed by atoms with E-state index in [1.165, 1.54) is 25.7 Å². The zero-order valence-electron chi connectivity index (χ0n) is 13.9. The number of hydrogen-bond donors (Lipinski definition) is 0. The summed E-state index contributed by atoms with van der Waals surface area (Å²) in [4.78, 5) is 12.8. The van der Waals surface area contributed by atoms with Crippen molar-refractivity contribution in [3.05, 3.63) is 63.7 Å². The smallest absolute Gasteiger partial charge is 0.249 e. The van der Waals surface area contributed by atoms with Gasteiger partial charge in [0, 0.05) is 24.3 Å². The van der Waals surface area contributed by atoms with E-state index in [0.29, 0.717) is 23.8 Å². The molecule has 0 N–H and O–H groups in total. The van der Waals surface area contributed by atoms with Gasteiger partial charge in [0.1, 0.15) is 0 Å². The third-order valence-corrected chi connectivity index (χ3v) is 6.78. The largest absolute Gasteiger partial charge is 0.350 e. The summed E-state index contributed by atoms with van der Waals surface area (Å²) in [5, 5.41) is 4.82. The first kappa shape index (κ1) is 17.3. The highest BCUT2D eigenvalue weighted by atomic mass is 35.5.